The highest BCUT2D eigenvalue weighted by molar-refractivity contribution is 6.07. The van der Waals surface area contributed by atoms with Crippen LogP contribution >= 0.6 is 0 Å². The SMILES string of the molecule is CCOc1cc(C(=O)Nc2cn(C)nc2C(=O)OC)ccc1OC(F)F. The van der Waals surface area contributed by atoms with E-state index in [1.165, 1.54) is 36.2 Å². The molecule has 0 aliphatic carbocycles. The van der Waals surface area contributed by atoms with Crippen LogP contribution < -0.4 is 14.8 Å². The quantitative estimate of drug-likeness (QED) is 0.754. The van der Waals surface area contributed by atoms with Crippen LogP contribution in [0.3, 0.4) is 0 Å². The Morgan fingerprint density at radius 1 is 1.31 bits per heavy atom. The van der Waals surface area contributed by atoms with E-state index < -0.39 is 18.5 Å². The lowest BCUT2D eigenvalue weighted by atomic mass is 10.2. The second-order valence-corrected chi connectivity index (χ2v) is 4.98. The third-order valence-corrected chi connectivity index (χ3v) is 3.18. The number of anilines is 1. The average Bonchev–Trinajstić information content (AvgIpc) is 2.95. The third-order valence-electron chi connectivity index (χ3n) is 3.18. The molecule has 8 nitrogen and oxygen atoms in total. The number of methoxy groups -OCH3 is 1. The molecule has 2 aromatic rings. The number of hydrogen-bond donors (Lipinski definition) is 1. The van der Waals surface area contributed by atoms with Crippen molar-refractivity contribution in [3.63, 3.8) is 0 Å². The molecule has 140 valence electrons. The molecule has 1 aromatic heterocycles. The first-order valence-electron chi connectivity index (χ1n) is 7.50. The molecule has 0 saturated carbocycles. The Morgan fingerprint density at radius 2 is 2.04 bits per heavy atom. The molecule has 0 unspecified atom stereocenters. The molecule has 1 N–H and O–H groups in total. The summed E-state index contributed by atoms with van der Waals surface area (Å²) in [6, 6.07) is 3.77. The van der Waals surface area contributed by atoms with E-state index in [1.807, 2.05) is 0 Å². The van der Waals surface area contributed by atoms with Crippen molar-refractivity contribution in [3.05, 3.63) is 35.7 Å². The van der Waals surface area contributed by atoms with Gasteiger partial charge in [0.2, 0.25) is 0 Å². The molecule has 0 bridgehead atoms. The molecule has 10 heteroatoms. The first-order chi connectivity index (χ1) is 12.3. The first kappa shape index (κ1) is 19.2. The van der Waals surface area contributed by atoms with E-state index in [4.69, 9.17) is 4.74 Å². The Kier molecular flexibility index (Phi) is 6.10. The number of aryl methyl sites for hydroxylation is 1. The van der Waals surface area contributed by atoms with Crippen molar-refractivity contribution in [3.8, 4) is 11.5 Å². The molecule has 0 saturated heterocycles. The number of nitrogens with zero attached hydrogens (tertiary/aromatic N) is 2. The van der Waals surface area contributed by atoms with Gasteiger partial charge in [0.25, 0.3) is 5.91 Å². The van der Waals surface area contributed by atoms with Gasteiger partial charge in [-0.25, -0.2) is 4.79 Å². The van der Waals surface area contributed by atoms with Gasteiger partial charge in [-0.1, -0.05) is 0 Å². The largest absolute Gasteiger partial charge is 0.490 e. The molecular weight excluding hydrogens is 352 g/mol. The van der Waals surface area contributed by atoms with Gasteiger partial charge in [0.05, 0.1) is 19.4 Å². The fourth-order valence-corrected chi connectivity index (χ4v) is 2.13. The van der Waals surface area contributed by atoms with Crippen LogP contribution in [-0.2, 0) is 11.8 Å². The highest BCUT2D eigenvalue weighted by atomic mass is 19.3. The molecule has 1 amide bonds. The van der Waals surface area contributed by atoms with Gasteiger partial charge < -0.3 is 19.5 Å². The topological polar surface area (TPSA) is 91.7 Å². The van der Waals surface area contributed by atoms with Crippen molar-refractivity contribution in [2.75, 3.05) is 19.0 Å². The van der Waals surface area contributed by atoms with Gasteiger partial charge in [0, 0.05) is 18.8 Å². The zero-order valence-corrected chi connectivity index (χ0v) is 14.3. The number of benzene rings is 1. The number of esters is 1. The fourth-order valence-electron chi connectivity index (χ4n) is 2.13. The number of carbonyl (C=O) groups is 2. The number of halogens is 2. The van der Waals surface area contributed by atoms with Gasteiger partial charge in [0.1, 0.15) is 0 Å². The van der Waals surface area contributed by atoms with Crippen LogP contribution in [-0.4, -0.2) is 42.0 Å². The normalized spacial score (nSPS) is 10.5. The molecule has 0 aliphatic heterocycles. The number of amides is 1. The summed E-state index contributed by atoms with van der Waals surface area (Å²) in [4.78, 5) is 24.1. The van der Waals surface area contributed by atoms with E-state index in [-0.39, 0.29) is 35.1 Å². The van der Waals surface area contributed by atoms with Gasteiger partial charge in [-0.2, -0.15) is 13.9 Å². The molecule has 26 heavy (non-hydrogen) atoms. The average molecular weight is 369 g/mol. The molecule has 1 aromatic carbocycles. The number of alkyl halides is 2. The van der Waals surface area contributed by atoms with Gasteiger partial charge >= 0.3 is 12.6 Å². The molecule has 0 radical (unpaired) electrons. The highest BCUT2D eigenvalue weighted by Crippen LogP contribution is 2.30. The van der Waals surface area contributed by atoms with Crippen LogP contribution in [0.5, 0.6) is 11.5 Å². The molecule has 1 heterocycles. The summed E-state index contributed by atoms with van der Waals surface area (Å²) in [5.41, 5.74) is 0.205. The van der Waals surface area contributed by atoms with Crippen LogP contribution in [0.1, 0.15) is 27.8 Å². The van der Waals surface area contributed by atoms with Crippen LogP contribution in [0, 0.1) is 0 Å². The first-order valence-corrected chi connectivity index (χ1v) is 7.50. The predicted octanol–water partition coefficient (Wildman–Crippen LogP) is 2.46. The molecule has 2 rings (SSSR count). The Morgan fingerprint density at radius 3 is 2.65 bits per heavy atom. The van der Waals surface area contributed by atoms with Gasteiger partial charge in [-0.05, 0) is 25.1 Å². The predicted molar refractivity (Wildman–Crippen MR) is 86.7 cm³/mol. The number of aromatic nitrogens is 2. The van der Waals surface area contributed by atoms with E-state index in [1.54, 1.807) is 14.0 Å². The monoisotopic (exact) mass is 369 g/mol. The summed E-state index contributed by atoms with van der Waals surface area (Å²) in [6.07, 6.45) is 1.43. The lowest BCUT2D eigenvalue weighted by Gasteiger charge is -2.12. The second-order valence-electron chi connectivity index (χ2n) is 4.98. The van der Waals surface area contributed by atoms with Crippen molar-refractivity contribution in [2.24, 2.45) is 7.05 Å². The van der Waals surface area contributed by atoms with Gasteiger partial charge in [0.15, 0.2) is 17.2 Å². The minimum absolute atomic E-state index is 0.000159. The Hall–Kier alpha value is -3.17. The summed E-state index contributed by atoms with van der Waals surface area (Å²) in [5.74, 6) is -1.49. The number of ether oxygens (including phenoxy) is 3. The maximum absolute atomic E-state index is 12.4. The number of carbonyl (C=O) groups excluding carboxylic acids is 2. The van der Waals surface area contributed by atoms with Crippen molar-refractivity contribution in [2.45, 2.75) is 13.5 Å². The lowest BCUT2D eigenvalue weighted by molar-refractivity contribution is -0.0514. The lowest BCUT2D eigenvalue weighted by Crippen LogP contribution is -2.15. The summed E-state index contributed by atoms with van der Waals surface area (Å²) < 4.78 is 40.4. The van der Waals surface area contributed by atoms with E-state index in [0.717, 1.165) is 0 Å². The summed E-state index contributed by atoms with van der Waals surface area (Å²) >= 11 is 0. The van der Waals surface area contributed by atoms with Crippen molar-refractivity contribution < 1.29 is 32.6 Å². The summed E-state index contributed by atoms with van der Waals surface area (Å²) in [7, 11) is 2.77. The van der Waals surface area contributed by atoms with Crippen LogP contribution in [0.25, 0.3) is 0 Å². The van der Waals surface area contributed by atoms with Crippen LogP contribution in [0.2, 0.25) is 0 Å². The van der Waals surface area contributed by atoms with Crippen molar-refractivity contribution in [1.82, 2.24) is 9.78 Å². The molecular formula is C16H17F2N3O5. The van der Waals surface area contributed by atoms with Crippen LogP contribution in [0.4, 0.5) is 14.5 Å². The van der Waals surface area contributed by atoms with E-state index in [2.05, 4.69) is 19.9 Å². The summed E-state index contributed by atoms with van der Waals surface area (Å²) in [5, 5.41) is 6.45. The minimum Gasteiger partial charge on any atom is -0.490 e. The molecule has 0 fully saturated rings. The highest BCUT2D eigenvalue weighted by Gasteiger charge is 2.20. The maximum Gasteiger partial charge on any atom is 0.387 e. The van der Waals surface area contributed by atoms with Crippen molar-refractivity contribution in [1.29, 1.82) is 0 Å². The van der Waals surface area contributed by atoms with Gasteiger partial charge in [-0.15, -0.1) is 0 Å². The van der Waals surface area contributed by atoms with E-state index >= 15 is 0 Å². The number of hydrogen-bond acceptors (Lipinski definition) is 6. The fraction of sp³-hybridized carbons (Fsp3) is 0.312. The zero-order valence-electron chi connectivity index (χ0n) is 14.3. The third kappa shape index (κ3) is 4.47. The Balaban J connectivity index is 2.27. The van der Waals surface area contributed by atoms with Crippen molar-refractivity contribution >= 4 is 17.6 Å². The standard InChI is InChI=1S/C16H17F2N3O5/c1-4-25-12-7-9(5-6-11(12)26-16(17)18)14(22)19-10-8-21(2)20-13(10)15(23)24-3/h5-8,16H,4H2,1-3H3,(H,19,22). The smallest absolute Gasteiger partial charge is 0.387 e. The Labute approximate surface area is 147 Å². The minimum atomic E-state index is -3.02. The number of rotatable bonds is 7. The molecule has 0 spiro atoms. The second kappa shape index (κ2) is 8.28. The maximum atomic E-state index is 12.4. The van der Waals surface area contributed by atoms with E-state index in [0.29, 0.717) is 0 Å². The summed E-state index contributed by atoms with van der Waals surface area (Å²) in [6.45, 7) is -1.16. The Bertz CT molecular complexity index is 807. The van der Waals surface area contributed by atoms with Crippen LogP contribution in [0.15, 0.2) is 24.4 Å². The zero-order chi connectivity index (χ0) is 19.3. The molecule has 0 atom stereocenters. The number of nitrogens with one attached hydrogen (secondary N) is 1. The van der Waals surface area contributed by atoms with Gasteiger partial charge in [-0.3, -0.25) is 9.48 Å². The van der Waals surface area contributed by atoms with E-state index in [9.17, 15) is 18.4 Å². The molecule has 0 aliphatic rings.